The first-order valence-electron chi connectivity index (χ1n) is 8.42. The summed E-state index contributed by atoms with van der Waals surface area (Å²) >= 11 is 0. The van der Waals surface area contributed by atoms with E-state index in [1.54, 1.807) is 0 Å². The van der Waals surface area contributed by atoms with Gasteiger partial charge in [0.1, 0.15) is 0 Å². The molecule has 0 amide bonds. The third-order valence-electron chi connectivity index (χ3n) is 3.80. The smallest absolute Gasteiger partial charge is 0.00509 e. The van der Waals surface area contributed by atoms with Gasteiger partial charge < -0.3 is 10.6 Å². The molecule has 0 aromatic rings. The second-order valence-electron chi connectivity index (χ2n) is 6.80. The minimum atomic E-state index is 0.411. The highest BCUT2D eigenvalue weighted by atomic mass is 15.0. The van der Waals surface area contributed by atoms with Crippen LogP contribution in [0.5, 0.6) is 0 Å². The summed E-state index contributed by atoms with van der Waals surface area (Å²) in [6.45, 7) is 5.76. The number of hydrogen-bond donors (Lipinski definition) is 1. The molecule has 0 aromatic carbocycles. The lowest BCUT2D eigenvalue weighted by Gasteiger charge is -2.14. The SMILES string of the molecule is CC(C)CCCCCCCCCC(N)CCN(C)C. The van der Waals surface area contributed by atoms with E-state index in [1.165, 1.54) is 57.8 Å². The summed E-state index contributed by atoms with van der Waals surface area (Å²) in [6.07, 6.45) is 13.6. The fraction of sp³-hybridized carbons (Fsp3) is 1.00. The lowest BCUT2D eigenvalue weighted by Crippen LogP contribution is -2.26. The molecule has 0 bridgehead atoms. The van der Waals surface area contributed by atoms with Gasteiger partial charge in [0, 0.05) is 6.04 Å². The highest BCUT2D eigenvalue weighted by molar-refractivity contribution is 4.63. The fourth-order valence-corrected chi connectivity index (χ4v) is 2.41. The molecule has 0 fully saturated rings. The average molecular weight is 271 g/mol. The Balaban J connectivity index is 3.13. The molecule has 0 radical (unpaired) electrons. The van der Waals surface area contributed by atoms with E-state index >= 15 is 0 Å². The Morgan fingerprint density at radius 3 is 1.68 bits per heavy atom. The van der Waals surface area contributed by atoms with Crippen LogP contribution < -0.4 is 5.73 Å². The molecule has 0 aliphatic rings. The summed E-state index contributed by atoms with van der Waals surface area (Å²) in [5.74, 6) is 0.878. The van der Waals surface area contributed by atoms with E-state index < -0.39 is 0 Å². The van der Waals surface area contributed by atoms with Gasteiger partial charge >= 0.3 is 0 Å². The number of rotatable bonds is 13. The van der Waals surface area contributed by atoms with Crippen LogP contribution in [0.2, 0.25) is 0 Å². The Morgan fingerprint density at radius 2 is 1.21 bits per heavy atom. The molecule has 0 aromatic heterocycles. The Hall–Kier alpha value is -0.0800. The predicted octanol–water partition coefficient (Wildman–Crippen LogP) is 4.43. The van der Waals surface area contributed by atoms with E-state index in [9.17, 15) is 0 Å². The zero-order valence-electron chi connectivity index (χ0n) is 14.0. The topological polar surface area (TPSA) is 29.3 Å². The van der Waals surface area contributed by atoms with Crippen LogP contribution in [0.3, 0.4) is 0 Å². The maximum Gasteiger partial charge on any atom is 0.00509 e. The normalized spacial score (nSPS) is 13.4. The molecule has 1 unspecified atom stereocenters. The van der Waals surface area contributed by atoms with E-state index in [2.05, 4.69) is 32.8 Å². The summed E-state index contributed by atoms with van der Waals surface area (Å²) in [5, 5.41) is 0. The van der Waals surface area contributed by atoms with Crippen LogP contribution in [-0.2, 0) is 0 Å². The van der Waals surface area contributed by atoms with Crippen LogP contribution in [0.15, 0.2) is 0 Å². The van der Waals surface area contributed by atoms with Gasteiger partial charge in [-0.2, -0.15) is 0 Å². The zero-order valence-corrected chi connectivity index (χ0v) is 14.0. The van der Waals surface area contributed by atoms with E-state index in [4.69, 9.17) is 5.73 Å². The molecule has 0 aliphatic heterocycles. The van der Waals surface area contributed by atoms with Crippen molar-refractivity contribution in [3.63, 3.8) is 0 Å². The summed E-state index contributed by atoms with van der Waals surface area (Å²) in [7, 11) is 4.23. The van der Waals surface area contributed by atoms with Crippen molar-refractivity contribution >= 4 is 0 Å². The predicted molar refractivity (Wildman–Crippen MR) is 87.5 cm³/mol. The van der Waals surface area contributed by atoms with Crippen LogP contribution in [0.25, 0.3) is 0 Å². The second-order valence-corrected chi connectivity index (χ2v) is 6.80. The minimum absolute atomic E-state index is 0.411. The first-order valence-corrected chi connectivity index (χ1v) is 8.42. The van der Waals surface area contributed by atoms with Crippen molar-refractivity contribution in [2.45, 2.75) is 84.1 Å². The highest BCUT2D eigenvalue weighted by Crippen LogP contribution is 2.13. The minimum Gasteiger partial charge on any atom is -0.328 e. The lowest BCUT2D eigenvalue weighted by molar-refractivity contribution is 0.370. The largest absolute Gasteiger partial charge is 0.328 e. The Bertz CT molecular complexity index is 178. The fourth-order valence-electron chi connectivity index (χ4n) is 2.41. The van der Waals surface area contributed by atoms with Gasteiger partial charge in [-0.25, -0.2) is 0 Å². The molecule has 116 valence electrons. The van der Waals surface area contributed by atoms with Crippen molar-refractivity contribution in [2.24, 2.45) is 11.7 Å². The van der Waals surface area contributed by atoms with Gasteiger partial charge in [0.2, 0.25) is 0 Å². The quantitative estimate of drug-likeness (QED) is 0.502. The van der Waals surface area contributed by atoms with Crippen LogP contribution in [0.1, 0.15) is 78.1 Å². The van der Waals surface area contributed by atoms with Gasteiger partial charge in [-0.1, -0.05) is 65.2 Å². The van der Waals surface area contributed by atoms with Gasteiger partial charge in [-0.3, -0.25) is 0 Å². The molecule has 0 rings (SSSR count). The van der Waals surface area contributed by atoms with Crippen molar-refractivity contribution in [1.82, 2.24) is 4.90 Å². The third kappa shape index (κ3) is 15.9. The molecule has 19 heavy (non-hydrogen) atoms. The van der Waals surface area contributed by atoms with Crippen molar-refractivity contribution < 1.29 is 0 Å². The summed E-state index contributed by atoms with van der Waals surface area (Å²) in [6, 6.07) is 0.411. The third-order valence-corrected chi connectivity index (χ3v) is 3.80. The van der Waals surface area contributed by atoms with Gasteiger partial charge in [0.15, 0.2) is 0 Å². The molecule has 0 saturated heterocycles. The molecule has 1 atom stereocenters. The van der Waals surface area contributed by atoms with E-state index in [0.717, 1.165) is 18.9 Å². The maximum absolute atomic E-state index is 6.10. The van der Waals surface area contributed by atoms with Crippen molar-refractivity contribution in [1.29, 1.82) is 0 Å². The van der Waals surface area contributed by atoms with Crippen LogP contribution in [0, 0.1) is 5.92 Å². The first kappa shape index (κ1) is 18.9. The van der Waals surface area contributed by atoms with Gasteiger partial charge in [-0.05, 0) is 39.4 Å². The van der Waals surface area contributed by atoms with Gasteiger partial charge in [0.05, 0.1) is 0 Å². The summed E-state index contributed by atoms with van der Waals surface area (Å²) in [4.78, 5) is 2.22. The van der Waals surface area contributed by atoms with Crippen LogP contribution in [-0.4, -0.2) is 31.6 Å². The van der Waals surface area contributed by atoms with Crippen LogP contribution >= 0.6 is 0 Å². The van der Waals surface area contributed by atoms with Crippen molar-refractivity contribution in [2.75, 3.05) is 20.6 Å². The van der Waals surface area contributed by atoms with E-state index in [1.807, 2.05) is 0 Å². The van der Waals surface area contributed by atoms with Crippen LogP contribution in [0.4, 0.5) is 0 Å². The molecule has 2 heteroatoms. The first-order chi connectivity index (χ1) is 9.02. The highest BCUT2D eigenvalue weighted by Gasteiger charge is 2.02. The van der Waals surface area contributed by atoms with Gasteiger partial charge in [0.25, 0.3) is 0 Å². The number of unbranched alkanes of at least 4 members (excludes halogenated alkanes) is 6. The standard InChI is InChI=1S/C17H38N2/c1-16(2)12-10-8-6-5-7-9-11-13-17(18)14-15-19(3)4/h16-17H,5-15,18H2,1-4H3. The summed E-state index contributed by atoms with van der Waals surface area (Å²) < 4.78 is 0. The molecule has 2 nitrogen and oxygen atoms in total. The Morgan fingerprint density at radius 1 is 0.737 bits per heavy atom. The average Bonchev–Trinajstić information content (AvgIpc) is 2.34. The molecule has 0 saturated carbocycles. The molecule has 2 N–H and O–H groups in total. The Kier molecular flexibility index (Phi) is 12.9. The number of nitrogens with zero attached hydrogens (tertiary/aromatic N) is 1. The molecular formula is C17H38N2. The summed E-state index contributed by atoms with van der Waals surface area (Å²) in [5.41, 5.74) is 6.10. The molecule has 0 spiro atoms. The zero-order chi connectivity index (χ0) is 14.5. The number of nitrogens with two attached hydrogens (primary N) is 1. The van der Waals surface area contributed by atoms with E-state index in [0.29, 0.717) is 6.04 Å². The van der Waals surface area contributed by atoms with E-state index in [-0.39, 0.29) is 0 Å². The van der Waals surface area contributed by atoms with Crippen molar-refractivity contribution in [3.05, 3.63) is 0 Å². The Labute approximate surface area is 122 Å². The number of hydrogen-bond acceptors (Lipinski definition) is 2. The van der Waals surface area contributed by atoms with Crippen molar-refractivity contribution in [3.8, 4) is 0 Å². The maximum atomic E-state index is 6.10. The van der Waals surface area contributed by atoms with Gasteiger partial charge in [-0.15, -0.1) is 0 Å². The molecule has 0 heterocycles. The molecular weight excluding hydrogens is 232 g/mol. The monoisotopic (exact) mass is 270 g/mol. The molecule has 0 aliphatic carbocycles. The lowest BCUT2D eigenvalue weighted by atomic mass is 10.0. The second kappa shape index (κ2) is 12.9.